The van der Waals surface area contributed by atoms with E-state index in [4.69, 9.17) is 0 Å². The van der Waals surface area contributed by atoms with Gasteiger partial charge in [-0.2, -0.15) is 0 Å². The zero-order valence-electron chi connectivity index (χ0n) is 31.2. The molecule has 9 rings (SSSR count). The number of piperidine rings is 3. The number of hydrogen-bond donors (Lipinski definition) is 3. The first-order chi connectivity index (χ1) is 26.8. The van der Waals surface area contributed by atoms with E-state index in [1.165, 1.54) is 19.3 Å². The Labute approximate surface area is 320 Å². The fourth-order valence-electron chi connectivity index (χ4n) is 9.60. The Balaban J connectivity index is 0.710. The molecule has 4 fully saturated rings. The number of nitrogens with one attached hydrogen (secondary N) is 2. The summed E-state index contributed by atoms with van der Waals surface area (Å²) in [6.45, 7) is 10.3. The molecular weight excluding hydrogens is 699 g/mol. The number of carbonyl (C=O) groups is 4. The Kier molecular flexibility index (Phi) is 9.63. The Morgan fingerprint density at radius 2 is 1.55 bits per heavy atom. The number of fused-ring (bicyclic) bond motifs is 4. The molecule has 14 nitrogen and oxygen atoms in total. The van der Waals surface area contributed by atoms with Crippen LogP contribution in [0.5, 0.6) is 5.75 Å². The smallest absolute Gasteiger partial charge is 0.262 e. The van der Waals surface area contributed by atoms with Crippen molar-refractivity contribution in [1.82, 2.24) is 30.2 Å². The quantitative estimate of drug-likeness (QED) is 0.290. The Morgan fingerprint density at radius 1 is 0.764 bits per heavy atom. The maximum atomic E-state index is 13.3. The molecule has 14 heteroatoms. The lowest BCUT2D eigenvalue weighted by molar-refractivity contribution is -0.136. The van der Waals surface area contributed by atoms with E-state index in [2.05, 4.69) is 46.5 Å². The van der Waals surface area contributed by atoms with Gasteiger partial charge in [-0.15, -0.1) is 10.2 Å². The number of likely N-dealkylation sites (tertiary alicyclic amines) is 1. The van der Waals surface area contributed by atoms with Gasteiger partial charge in [0, 0.05) is 63.5 Å². The van der Waals surface area contributed by atoms with E-state index in [9.17, 15) is 24.3 Å². The highest BCUT2D eigenvalue weighted by Crippen LogP contribution is 2.37. The summed E-state index contributed by atoms with van der Waals surface area (Å²) in [4.78, 5) is 61.6. The molecule has 4 amide bonds. The van der Waals surface area contributed by atoms with Gasteiger partial charge in [-0.05, 0) is 106 Å². The third kappa shape index (κ3) is 7.01. The maximum Gasteiger partial charge on any atom is 0.262 e. The van der Waals surface area contributed by atoms with Crippen LogP contribution in [0.4, 0.5) is 17.2 Å². The predicted molar refractivity (Wildman–Crippen MR) is 207 cm³/mol. The average Bonchev–Trinajstić information content (AvgIpc) is 3.45. The number of benzene rings is 2. The second-order valence-corrected chi connectivity index (χ2v) is 16.1. The molecule has 288 valence electrons. The van der Waals surface area contributed by atoms with Crippen LogP contribution in [-0.4, -0.2) is 131 Å². The number of amides is 4. The van der Waals surface area contributed by atoms with E-state index in [0.29, 0.717) is 34.3 Å². The fourth-order valence-corrected chi connectivity index (χ4v) is 9.60. The van der Waals surface area contributed by atoms with E-state index in [1.807, 2.05) is 24.3 Å². The van der Waals surface area contributed by atoms with Gasteiger partial charge in [0.25, 0.3) is 11.8 Å². The monoisotopic (exact) mass is 747 g/mol. The molecule has 4 saturated heterocycles. The van der Waals surface area contributed by atoms with Crippen LogP contribution < -0.4 is 20.4 Å². The Bertz CT molecular complexity index is 1990. The number of phenolic OH excluding ortho intramolecular Hbond substituents is 1. The summed E-state index contributed by atoms with van der Waals surface area (Å²) < 4.78 is 0. The summed E-state index contributed by atoms with van der Waals surface area (Å²) in [5.41, 5.74) is 4.06. The van der Waals surface area contributed by atoms with Gasteiger partial charge >= 0.3 is 0 Å². The second kappa shape index (κ2) is 14.9. The highest BCUT2D eigenvalue weighted by molar-refractivity contribution is 6.23. The minimum Gasteiger partial charge on any atom is -0.507 e. The SMILES string of the molecule is O=C1CCC(N2C(=O)c3ccc(N4CCC(CCN5CCC(CN6CCN7c8cc(-c9ccccc9O)nnc8NC[C@H]7C6)CC5)CC4)cc3C2=O)C(=O)N1. The number of piperazine rings is 1. The Hall–Kier alpha value is -5.08. The van der Waals surface area contributed by atoms with Gasteiger partial charge < -0.3 is 25.1 Å². The van der Waals surface area contributed by atoms with Crippen molar-refractivity contribution < 1.29 is 24.3 Å². The average molecular weight is 748 g/mol. The highest BCUT2D eigenvalue weighted by Gasteiger charge is 2.45. The molecule has 6 aliphatic heterocycles. The fraction of sp³-hybridized carbons (Fsp3) is 0.512. The van der Waals surface area contributed by atoms with Gasteiger partial charge in [-0.25, -0.2) is 0 Å². The van der Waals surface area contributed by atoms with Crippen LogP contribution in [0.2, 0.25) is 0 Å². The molecule has 2 aromatic carbocycles. The number of nitrogens with zero attached hydrogens (tertiary/aromatic N) is 7. The largest absolute Gasteiger partial charge is 0.507 e. The van der Waals surface area contributed by atoms with Gasteiger partial charge in [0.15, 0.2) is 5.82 Å². The molecule has 3 N–H and O–H groups in total. The molecule has 1 unspecified atom stereocenters. The molecule has 0 aliphatic carbocycles. The van der Waals surface area contributed by atoms with Crippen molar-refractivity contribution in [2.75, 3.05) is 80.6 Å². The first-order valence-corrected chi connectivity index (χ1v) is 20.0. The van der Waals surface area contributed by atoms with Gasteiger partial charge in [0.1, 0.15) is 11.8 Å². The van der Waals surface area contributed by atoms with Gasteiger partial charge in [0.2, 0.25) is 11.8 Å². The molecule has 0 bridgehead atoms. The first kappa shape index (κ1) is 35.6. The molecule has 0 saturated carbocycles. The maximum absolute atomic E-state index is 13.3. The van der Waals surface area contributed by atoms with Crippen LogP contribution in [0.25, 0.3) is 11.3 Å². The molecular formula is C41H49N9O5. The number of anilines is 3. The number of phenols is 1. The third-order valence-corrected chi connectivity index (χ3v) is 12.8. The highest BCUT2D eigenvalue weighted by atomic mass is 16.3. The molecule has 7 heterocycles. The topological polar surface area (TPSA) is 155 Å². The number of rotatable bonds is 8. The zero-order chi connectivity index (χ0) is 37.6. The number of hydrogen-bond acceptors (Lipinski definition) is 12. The summed E-state index contributed by atoms with van der Waals surface area (Å²) >= 11 is 0. The van der Waals surface area contributed by atoms with Crippen LogP contribution in [0, 0.1) is 11.8 Å². The standard InChI is InChI=1S/C41H49N9O5/c51-36-4-2-1-3-31(36)33-22-35-38(45-44-33)42-23-29-25-47(19-20-49(29)35)24-27-10-15-46(16-11-27)14-9-26-12-17-48(18-13-26)28-5-6-30-32(21-28)41(55)50(40(30)54)34-7-8-37(52)43-39(34)53/h1-6,21-22,26-27,29,34,51H,7-20,23-25H2,(H,42,45)(H,43,52,53)/t29-,34?/m0/s1. The zero-order valence-corrected chi connectivity index (χ0v) is 31.2. The second-order valence-electron chi connectivity index (χ2n) is 16.1. The molecule has 0 spiro atoms. The number of carbonyl (C=O) groups excluding carboxylic acids is 4. The molecule has 55 heavy (non-hydrogen) atoms. The van der Waals surface area contributed by atoms with Crippen LogP contribution in [0.1, 0.15) is 65.7 Å². The molecule has 1 aromatic heterocycles. The van der Waals surface area contributed by atoms with E-state index in [0.717, 1.165) is 106 Å². The van der Waals surface area contributed by atoms with Gasteiger partial charge in [-0.1, -0.05) is 12.1 Å². The van der Waals surface area contributed by atoms with Gasteiger partial charge in [-0.3, -0.25) is 34.3 Å². The van der Waals surface area contributed by atoms with Crippen LogP contribution >= 0.6 is 0 Å². The van der Waals surface area contributed by atoms with Crippen LogP contribution in [0.15, 0.2) is 48.5 Å². The number of aromatic nitrogens is 2. The minimum atomic E-state index is -0.949. The molecule has 2 atom stereocenters. The molecule has 3 aromatic rings. The van der Waals surface area contributed by atoms with Crippen molar-refractivity contribution in [2.45, 2.75) is 57.0 Å². The lowest BCUT2D eigenvalue weighted by Gasteiger charge is -2.47. The molecule has 6 aliphatic rings. The lowest BCUT2D eigenvalue weighted by Crippen LogP contribution is -2.58. The van der Waals surface area contributed by atoms with E-state index in [-0.39, 0.29) is 24.5 Å². The summed E-state index contributed by atoms with van der Waals surface area (Å²) in [7, 11) is 0. The van der Waals surface area contributed by atoms with E-state index >= 15 is 0 Å². The molecule has 0 radical (unpaired) electrons. The first-order valence-electron chi connectivity index (χ1n) is 20.0. The van der Waals surface area contributed by atoms with Crippen molar-refractivity contribution in [2.24, 2.45) is 11.8 Å². The number of imide groups is 2. The third-order valence-electron chi connectivity index (χ3n) is 12.8. The van der Waals surface area contributed by atoms with E-state index in [1.54, 1.807) is 18.2 Å². The summed E-state index contributed by atoms with van der Waals surface area (Å²) in [6, 6.07) is 14.2. The predicted octanol–water partition coefficient (Wildman–Crippen LogP) is 3.19. The summed E-state index contributed by atoms with van der Waals surface area (Å²) in [5, 5.41) is 25.0. The Morgan fingerprint density at radius 3 is 2.35 bits per heavy atom. The van der Waals surface area contributed by atoms with Gasteiger partial charge in [0.05, 0.1) is 28.6 Å². The normalized spacial score (nSPS) is 24.0. The minimum absolute atomic E-state index is 0.110. The van der Waals surface area contributed by atoms with Crippen molar-refractivity contribution in [3.8, 4) is 17.0 Å². The van der Waals surface area contributed by atoms with E-state index < -0.39 is 23.8 Å². The van der Waals surface area contributed by atoms with Crippen LogP contribution in [0.3, 0.4) is 0 Å². The summed E-state index contributed by atoms with van der Waals surface area (Å²) in [5.74, 6) is 0.535. The van der Waals surface area contributed by atoms with Crippen molar-refractivity contribution in [3.05, 3.63) is 59.7 Å². The van der Waals surface area contributed by atoms with Crippen molar-refractivity contribution in [1.29, 1.82) is 0 Å². The number of para-hydroxylation sites is 1. The van der Waals surface area contributed by atoms with Crippen molar-refractivity contribution in [3.63, 3.8) is 0 Å². The lowest BCUT2D eigenvalue weighted by atomic mass is 9.91. The van der Waals surface area contributed by atoms with Crippen LogP contribution in [-0.2, 0) is 9.59 Å². The van der Waals surface area contributed by atoms with Crippen molar-refractivity contribution >= 4 is 40.8 Å². The number of aromatic hydroxyl groups is 1. The summed E-state index contributed by atoms with van der Waals surface area (Å²) in [6.07, 6.45) is 6.14.